The molecule has 0 saturated carbocycles. The number of amides is 1. The number of anilines is 2. The number of hydrogen-bond donors (Lipinski definition) is 2. The Kier molecular flexibility index (Phi) is 5.97. The summed E-state index contributed by atoms with van der Waals surface area (Å²) in [6.07, 6.45) is 2.09. The number of ether oxygens (including phenoxy) is 2. The molecule has 1 aromatic rings. The van der Waals surface area contributed by atoms with E-state index in [0.29, 0.717) is 18.3 Å². The summed E-state index contributed by atoms with van der Waals surface area (Å²) in [5, 5.41) is 3.05. The van der Waals surface area contributed by atoms with Gasteiger partial charge in [-0.25, -0.2) is 0 Å². The van der Waals surface area contributed by atoms with Crippen LogP contribution in [-0.2, 0) is 9.53 Å². The van der Waals surface area contributed by atoms with Gasteiger partial charge in [0.1, 0.15) is 12.4 Å². The Morgan fingerprint density at radius 1 is 1.43 bits per heavy atom. The van der Waals surface area contributed by atoms with E-state index in [4.69, 9.17) is 15.2 Å². The Labute approximate surface area is 136 Å². The Bertz CT molecular complexity index is 540. The molecule has 23 heavy (non-hydrogen) atoms. The summed E-state index contributed by atoms with van der Waals surface area (Å²) in [6, 6.07) is 1.83. The molecule has 8 heteroatoms. The topological polar surface area (TPSA) is 103 Å². The van der Waals surface area contributed by atoms with E-state index in [0.717, 1.165) is 25.2 Å². The van der Waals surface area contributed by atoms with Crippen LogP contribution in [0.5, 0.6) is 5.88 Å². The highest BCUT2D eigenvalue weighted by atomic mass is 16.5. The van der Waals surface area contributed by atoms with Gasteiger partial charge in [0.2, 0.25) is 17.7 Å². The van der Waals surface area contributed by atoms with E-state index < -0.39 is 0 Å². The molecule has 0 unspecified atom stereocenters. The predicted molar refractivity (Wildman–Crippen MR) is 87.4 cm³/mol. The number of nitrogens with one attached hydrogen (secondary N) is 1. The van der Waals surface area contributed by atoms with Crippen molar-refractivity contribution in [2.75, 3.05) is 44.5 Å². The van der Waals surface area contributed by atoms with E-state index in [1.807, 2.05) is 0 Å². The number of carbonyl (C=O) groups excluding carboxylic acids is 1. The summed E-state index contributed by atoms with van der Waals surface area (Å²) in [6.45, 7) is 3.71. The van der Waals surface area contributed by atoms with Crippen LogP contribution in [0.25, 0.3) is 0 Å². The summed E-state index contributed by atoms with van der Waals surface area (Å²) < 4.78 is 10.0. The van der Waals surface area contributed by atoms with Gasteiger partial charge in [-0.3, -0.25) is 4.79 Å². The van der Waals surface area contributed by atoms with Crippen LogP contribution in [0, 0.1) is 5.92 Å². The van der Waals surface area contributed by atoms with Gasteiger partial charge in [-0.2, -0.15) is 9.97 Å². The minimum atomic E-state index is -0.0970. The van der Waals surface area contributed by atoms with Crippen molar-refractivity contribution in [3.63, 3.8) is 0 Å². The minimum absolute atomic E-state index is 0.0692. The van der Waals surface area contributed by atoms with Gasteiger partial charge < -0.3 is 25.4 Å². The number of rotatable bonds is 7. The van der Waals surface area contributed by atoms with Gasteiger partial charge in [-0.1, -0.05) is 13.3 Å². The van der Waals surface area contributed by atoms with Crippen LogP contribution in [0.1, 0.15) is 19.8 Å². The standard InChI is InChI=1S/C15H25N5O3/c1-4-5-10-7-20(8-11(10)17-13(21)9-22-2)12-6-14(23-3)19-15(16)18-12/h6,10-11H,4-5,7-9H2,1-3H3,(H,17,21)(H2,16,18,19)/t10-,11-/m1/s1. The molecule has 1 fully saturated rings. The van der Waals surface area contributed by atoms with Crippen molar-refractivity contribution >= 4 is 17.7 Å². The maximum absolute atomic E-state index is 11.8. The van der Waals surface area contributed by atoms with E-state index in [-0.39, 0.29) is 24.5 Å². The summed E-state index contributed by atoms with van der Waals surface area (Å²) in [5.41, 5.74) is 5.74. The molecule has 0 bridgehead atoms. The Morgan fingerprint density at radius 3 is 2.87 bits per heavy atom. The molecular weight excluding hydrogens is 298 g/mol. The van der Waals surface area contributed by atoms with Gasteiger partial charge in [0.05, 0.1) is 13.2 Å². The van der Waals surface area contributed by atoms with Crippen LogP contribution in [0.15, 0.2) is 6.07 Å². The molecule has 3 N–H and O–H groups in total. The first-order valence-corrected chi connectivity index (χ1v) is 7.79. The van der Waals surface area contributed by atoms with Crippen molar-refractivity contribution in [3.8, 4) is 5.88 Å². The molecule has 1 aromatic heterocycles. The highest BCUT2D eigenvalue weighted by molar-refractivity contribution is 5.77. The first kappa shape index (κ1) is 17.3. The summed E-state index contributed by atoms with van der Waals surface area (Å²) in [7, 11) is 3.06. The van der Waals surface area contributed by atoms with Crippen molar-refractivity contribution in [1.82, 2.24) is 15.3 Å². The number of aromatic nitrogens is 2. The fourth-order valence-electron chi connectivity index (χ4n) is 2.96. The smallest absolute Gasteiger partial charge is 0.246 e. The molecule has 0 spiro atoms. The van der Waals surface area contributed by atoms with Crippen LogP contribution in [0.2, 0.25) is 0 Å². The zero-order valence-corrected chi connectivity index (χ0v) is 13.9. The van der Waals surface area contributed by atoms with Crippen LogP contribution in [0.4, 0.5) is 11.8 Å². The van der Waals surface area contributed by atoms with E-state index >= 15 is 0 Å². The van der Waals surface area contributed by atoms with E-state index in [2.05, 4.69) is 27.1 Å². The van der Waals surface area contributed by atoms with Crippen LogP contribution in [-0.4, -0.2) is 55.8 Å². The molecule has 0 aromatic carbocycles. The van der Waals surface area contributed by atoms with Gasteiger partial charge in [-0.15, -0.1) is 0 Å². The fraction of sp³-hybridized carbons (Fsp3) is 0.667. The number of carbonyl (C=O) groups is 1. The molecule has 1 saturated heterocycles. The molecular formula is C15H25N5O3. The maximum Gasteiger partial charge on any atom is 0.246 e. The third-order valence-corrected chi connectivity index (χ3v) is 3.96. The summed E-state index contributed by atoms with van der Waals surface area (Å²) in [4.78, 5) is 22.2. The lowest BCUT2D eigenvalue weighted by Crippen LogP contribution is -2.42. The zero-order chi connectivity index (χ0) is 16.8. The highest BCUT2D eigenvalue weighted by Gasteiger charge is 2.34. The monoisotopic (exact) mass is 323 g/mol. The second kappa shape index (κ2) is 7.96. The molecule has 1 amide bonds. The first-order valence-electron chi connectivity index (χ1n) is 7.79. The quantitative estimate of drug-likeness (QED) is 0.750. The van der Waals surface area contributed by atoms with Crippen molar-refractivity contribution in [2.24, 2.45) is 5.92 Å². The Morgan fingerprint density at radius 2 is 2.22 bits per heavy atom. The molecule has 128 valence electrons. The molecule has 2 heterocycles. The highest BCUT2D eigenvalue weighted by Crippen LogP contribution is 2.27. The van der Waals surface area contributed by atoms with Crippen LogP contribution < -0.4 is 20.7 Å². The second-order valence-corrected chi connectivity index (χ2v) is 5.69. The fourth-order valence-corrected chi connectivity index (χ4v) is 2.96. The van der Waals surface area contributed by atoms with E-state index in [9.17, 15) is 4.79 Å². The second-order valence-electron chi connectivity index (χ2n) is 5.69. The third kappa shape index (κ3) is 4.44. The lowest BCUT2D eigenvalue weighted by Gasteiger charge is -2.19. The van der Waals surface area contributed by atoms with Crippen molar-refractivity contribution in [1.29, 1.82) is 0 Å². The average molecular weight is 323 g/mol. The number of nitrogens with zero attached hydrogens (tertiary/aromatic N) is 3. The maximum atomic E-state index is 11.8. The largest absolute Gasteiger partial charge is 0.481 e. The molecule has 1 aliphatic rings. The lowest BCUT2D eigenvalue weighted by molar-refractivity contribution is -0.125. The average Bonchev–Trinajstić information content (AvgIpc) is 2.90. The molecule has 8 nitrogen and oxygen atoms in total. The van der Waals surface area contributed by atoms with Gasteiger partial charge in [0.15, 0.2) is 0 Å². The molecule has 0 radical (unpaired) electrons. The Hall–Kier alpha value is -2.09. The zero-order valence-electron chi connectivity index (χ0n) is 13.9. The Balaban J connectivity index is 2.12. The molecule has 0 aliphatic carbocycles. The minimum Gasteiger partial charge on any atom is -0.481 e. The van der Waals surface area contributed by atoms with E-state index in [1.54, 1.807) is 13.2 Å². The molecule has 2 rings (SSSR count). The molecule has 2 atom stereocenters. The summed E-state index contributed by atoms with van der Waals surface area (Å²) in [5.74, 6) is 1.60. The summed E-state index contributed by atoms with van der Waals surface area (Å²) >= 11 is 0. The SMILES string of the molecule is CCC[C@@H]1CN(c2cc(OC)nc(N)n2)C[C@H]1NC(=O)COC. The first-order chi connectivity index (χ1) is 11.1. The van der Waals surface area contributed by atoms with Gasteiger partial charge in [0, 0.05) is 26.3 Å². The van der Waals surface area contributed by atoms with Crippen molar-refractivity contribution in [2.45, 2.75) is 25.8 Å². The van der Waals surface area contributed by atoms with Crippen LogP contribution in [0.3, 0.4) is 0 Å². The van der Waals surface area contributed by atoms with Crippen LogP contribution >= 0.6 is 0 Å². The number of nitrogen functional groups attached to an aromatic ring is 1. The van der Waals surface area contributed by atoms with E-state index in [1.165, 1.54) is 7.11 Å². The number of methoxy groups -OCH3 is 2. The number of hydrogen-bond acceptors (Lipinski definition) is 7. The van der Waals surface area contributed by atoms with Gasteiger partial charge >= 0.3 is 0 Å². The van der Waals surface area contributed by atoms with Gasteiger partial charge in [-0.05, 0) is 12.3 Å². The van der Waals surface area contributed by atoms with Crippen molar-refractivity contribution < 1.29 is 14.3 Å². The normalized spacial score (nSPS) is 20.6. The molecule has 1 aliphatic heterocycles. The van der Waals surface area contributed by atoms with Gasteiger partial charge in [0.25, 0.3) is 0 Å². The lowest BCUT2D eigenvalue weighted by atomic mass is 9.98. The number of nitrogens with two attached hydrogens (primary N) is 1. The third-order valence-electron chi connectivity index (χ3n) is 3.96. The van der Waals surface area contributed by atoms with Crippen molar-refractivity contribution in [3.05, 3.63) is 6.07 Å². The predicted octanol–water partition coefficient (Wildman–Crippen LogP) is 0.435.